The van der Waals surface area contributed by atoms with Crippen molar-refractivity contribution in [3.63, 3.8) is 0 Å². The molecule has 2 bridgehead atoms. The fraction of sp³-hybridized carbons (Fsp3) is 0.290. The fourth-order valence-corrected chi connectivity index (χ4v) is 6.54. The van der Waals surface area contributed by atoms with E-state index in [-0.39, 0.29) is 11.1 Å². The summed E-state index contributed by atoms with van der Waals surface area (Å²) in [6.07, 6.45) is 2.59. The van der Waals surface area contributed by atoms with E-state index in [2.05, 4.69) is 26.0 Å². The van der Waals surface area contributed by atoms with Crippen LogP contribution in [0.2, 0.25) is 0 Å². The van der Waals surface area contributed by atoms with Crippen LogP contribution in [0.5, 0.6) is 11.5 Å². The van der Waals surface area contributed by atoms with Gasteiger partial charge in [0.2, 0.25) is 0 Å². The molecule has 0 unspecified atom stereocenters. The van der Waals surface area contributed by atoms with Gasteiger partial charge in [-0.3, -0.25) is 14.5 Å². The first-order chi connectivity index (χ1) is 20.4. The first-order valence-electron chi connectivity index (χ1n) is 13.9. The summed E-state index contributed by atoms with van der Waals surface area (Å²) in [5, 5.41) is 4.94. The van der Waals surface area contributed by atoms with E-state index in [1.165, 1.54) is 6.21 Å². The summed E-state index contributed by atoms with van der Waals surface area (Å²) in [5.41, 5.74) is 3.08. The topological polar surface area (TPSA) is 127 Å². The van der Waals surface area contributed by atoms with Crippen molar-refractivity contribution in [3.05, 3.63) is 103 Å². The largest absolute Gasteiger partial charge is 0.497 e. The van der Waals surface area contributed by atoms with Gasteiger partial charge in [-0.05, 0) is 60.4 Å². The van der Waals surface area contributed by atoms with Gasteiger partial charge in [-0.15, -0.1) is 4.68 Å². The molecule has 0 amide bonds. The Labute approximate surface area is 239 Å². The predicted octanol–water partition coefficient (Wildman–Crippen LogP) is 2.85. The average Bonchev–Trinajstić information content (AvgIpc) is 3.35. The molecule has 0 saturated carbocycles. The lowest BCUT2D eigenvalue weighted by Gasteiger charge is -2.42. The number of ether oxygens (including phenoxy) is 2. The van der Waals surface area contributed by atoms with Gasteiger partial charge < -0.3 is 24.0 Å². The van der Waals surface area contributed by atoms with Crippen molar-refractivity contribution in [1.82, 2.24) is 24.1 Å². The van der Waals surface area contributed by atoms with E-state index in [4.69, 9.17) is 9.47 Å². The van der Waals surface area contributed by atoms with E-state index in [1.807, 2.05) is 28.8 Å². The molecule has 3 aromatic heterocycles. The molecule has 5 aromatic rings. The first kappa shape index (κ1) is 26.0. The zero-order valence-corrected chi connectivity index (χ0v) is 23.3. The van der Waals surface area contributed by atoms with Crippen LogP contribution < -0.4 is 26.3 Å². The summed E-state index contributed by atoms with van der Waals surface area (Å²) in [7, 11) is 3.20. The van der Waals surface area contributed by atoms with E-state index in [9.17, 15) is 14.4 Å². The summed E-state index contributed by atoms with van der Waals surface area (Å²) < 4.78 is 13.7. The number of benzene rings is 2. The van der Waals surface area contributed by atoms with Crippen molar-refractivity contribution in [2.24, 2.45) is 11.0 Å². The van der Waals surface area contributed by atoms with Gasteiger partial charge in [0.15, 0.2) is 0 Å². The number of piperidine rings is 1. The number of methoxy groups -OCH3 is 2. The van der Waals surface area contributed by atoms with Crippen molar-refractivity contribution in [2.45, 2.75) is 25.4 Å². The van der Waals surface area contributed by atoms with Crippen LogP contribution in [0.3, 0.4) is 0 Å². The number of rotatable bonds is 6. The van der Waals surface area contributed by atoms with Crippen LogP contribution in [0.15, 0.2) is 74.1 Å². The van der Waals surface area contributed by atoms with Gasteiger partial charge in [0.25, 0.3) is 5.56 Å². The van der Waals surface area contributed by atoms with Crippen molar-refractivity contribution in [3.8, 4) is 11.5 Å². The molecule has 11 heteroatoms. The number of H-pyrrole nitrogens is 2. The molecule has 1 fully saturated rings. The molecule has 7 rings (SSSR count). The Kier molecular flexibility index (Phi) is 6.31. The summed E-state index contributed by atoms with van der Waals surface area (Å²) >= 11 is 0. The number of hydrogen-bond donors (Lipinski definition) is 2. The molecular weight excluding hydrogens is 536 g/mol. The van der Waals surface area contributed by atoms with Crippen LogP contribution in [-0.2, 0) is 13.1 Å². The number of fused-ring (bicyclic) bond motifs is 7. The third-order valence-corrected chi connectivity index (χ3v) is 8.41. The second-order valence-corrected chi connectivity index (χ2v) is 11.0. The Balaban J connectivity index is 1.17. The smallest absolute Gasteiger partial charge is 0.350 e. The number of hydrogen-bond acceptors (Lipinski definition) is 7. The Morgan fingerprint density at radius 3 is 2.67 bits per heavy atom. The van der Waals surface area contributed by atoms with Gasteiger partial charge in [-0.25, -0.2) is 4.79 Å². The van der Waals surface area contributed by atoms with Crippen LogP contribution >= 0.6 is 0 Å². The lowest BCUT2D eigenvalue weighted by atomic mass is 9.83. The minimum absolute atomic E-state index is 0.0752. The zero-order valence-electron chi connectivity index (χ0n) is 23.3. The summed E-state index contributed by atoms with van der Waals surface area (Å²) in [4.78, 5) is 46.8. The van der Waals surface area contributed by atoms with Crippen molar-refractivity contribution < 1.29 is 9.47 Å². The molecule has 0 aliphatic carbocycles. The molecule has 214 valence electrons. The number of nitrogens with one attached hydrogen (secondary N) is 2. The SMILES string of the molecule is COc1ccc2[nH]c3c(=O)n(/N=C/c4ccc(OC)c(CN5C[C@@H]6C[C@@H](C5)c5cccc(=O)n5C6)c4)c(=O)[nH]c3c2c1. The van der Waals surface area contributed by atoms with Crippen LogP contribution in [0.1, 0.15) is 29.2 Å². The molecule has 1 saturated heterocycles. The molecule has 2 aliphatic rings. The Morgan fingerprint density at radius 1 is 0.952 bits per heavy atom. The second-order valence-electron chi connectivity index (χ2n) is 11.0. The van der Waals surface area contributed by atoms with E-state index < -0.39 is 11.2 Å². The molecule has 11 nitrogen and oxygen atoms in total. The van der Waals surface area contributed by atoms with Gasteiger partial charge in [0.05, 0.1) is 26.0 Å². The average molecular weight is 567 g/mol. The highest BCUT2D eigenvalue weighted by atomic mass is 16.5. The Morgan fingerprint density at radius 2 is 1.83 bits per heavy atom. The van der Waals surface area contributed by atoms with Crippen molar-refractivity contribution >= 4 is 28.2 Å². The molecule has 2 aliphatic heterocycles. The first-order valence-corrected chi connectivity index (χ1v) is 13.9. The molecule has 0 spiro atoms. The van der Waals surface area contributed by atoms with Crippen LogP contribution in [0.25, 0.3) is 21.9 Å². The highest BCUT2D eigenvalue weighted by Gasteiger charge is 2.34. The quantitative estimate of drug-likeness (QED) is 0.305. The Bertz CT molecular complexity index is 2050. The molecule has 42 heavy (non-hydrogen) atoms. The minimum atomic E-state index is -0.638. The highest BCUT2D eigenvalue weighted by Crippen LogP contribution is 2.36. The summed E-state index contributed by atoms with van der Waals surface area (Å²) in [6.45, 7) is 3.14. The van der Waals surface area contributed by atoms with Gasteiger partial charge in [0.1, 0.15) is 17.0 Å². The molecule has 5 heterocycles. The maximum absolute atomic E-state index is 13.2. The predicted molar refractivity (Wildman–Crippen MR) is 160 cm³/mol. The second kappa shape index (κ2) is 10.2. The molecule has 0 radical (unpaired) electrons. The normalized spacial score (nSPS) is 18.5. The third-order valence-electron chi connectivity index (χ3n) is 8.41. The number of aromatic nitrogens is 4. The standard InChI is InChI=1S/C31H30N6O5/c1-41-22-7-8-24-23(12-22)28-29(33-24)30(39)37(31(40)34-28)32-13-18-6-9-26(42-2)21(10-18)17-35-14-19-11-20(16-35)25-4-3-5-27(38)36(25)15-19/h3-10,12-13,19-20,33H,11,14-17H2,1-2H3,(H,34,40)/b32-13+/t19-,20-/m0/s1. The fourth-order valence-electron chi connectivity index (χ4n) is 6.54. The van der Waals surface area contributed by atoms with Crippen molar-refractivity contribution in [1.29, 1.82) is 0 Å². The summed E-state index contributed by atoms with van der Waals surface area (Å²) in [5.74, 6) is 2.09. The van der Waals surface area contributed by atoms with E-state index in [0.29, 0.717) is 40.5 Å². The Hall–Kier alpha value is -4.90. The maximum Gasteiger partial charge on any atom is 0.350 e. The van der Waals surface area contributed by atoms with Crippen LogP contribution in [0.4, 0.5) is 0 Å². The zero-order chi connectivity index (χ0) is 29.0. The lowest BCUT2D eigenvalue weighted by molar-refractivity contribution is 0.113. The lowest BCUT2D eigenvalue weighted by Crippen LogP contribution is -2.46. The number of likely N-dealkylation sites (tertiary alicyclic amines) is 1. The third kappa shape index (κ3) is 4.42. The van der Waals surface area contributed by atoms with E-state index in [0.717, 1.165) is 53.3 Å². The number of aromatic amines is 2. The molecule has 2 aromatic carbocycles. The summed E-state index contributed by atoms with van der Waals surface area (Å²) in [6, 6.07) is 16.6. The molecular formula is C31H30N6O5. The van der Waals surface area contributed by atoms with Gasteiger partial charge in [-0.1, -0.05) is 6.07 Å². The highest BCUT2D eigenvalue weighted by molar-refractivity contribution is 6.04. The number of nitrogens with zero attached hydrogens (tertiary/aromatic N) is 4. The monoisotopic (exact) mass is 566 g/mol. The van der Waals surface area contributed by atoms with E-state index in [1.54, 1.807) is 38.5 Å². The van der Waals surface area contributed by atoms with Gasteiger partial charge >= 0.3 is 11.2 Å². The number of pyridine rings is 1. The van der Waals surface area contributed by atoms with Crippen molar-refractivity contribution in [2.75, 3.05) is 27.3 Å². The van der Waals surface area contributed by atoms with Gasteiger partial charge in [0, 0.05) is 60.3 Å². The van der Waals surface area contributed by atoms with Crippen LogP contribution in [0, 0.1) is 5.92 Å². The van der Waals surface area contributed by atoms with Gasteiger partial charge in [-0.2, -0.15) is 5.10 Å². The van der Waals surface area contributed by atoms with Crippen LogP contribution in [-0.4, -0.2) is 57.6 Å². The molecule has 2 N–H and O–H groups in total. The minimum Gasteiger partial charge on any atom is -0.497 e. The molecule has 2 atom stereocenters. The van der Waals surface area contributed by atoms with E-state index >= 15 is 0 Å². The maximum atomic E-state index is 13.2.